The predicted octanol–water partition coefficient (Wildman–Crippen LogP) is 11.4. The molecule has 2 aliphatic carbocycles. The number of thioether (sulfide) groups is 1. The van der Waals surface area contributed by atoms with E-state index in [0.29, 0.717) is 11.5 Å². The Bertz CT molecular complexity index is 1610. The minimum Gasteiger partial charge on any atom is -0.293 e. The van der Waals surface area contributed by atoms with Gasteiger partial charge in [0.1, 0.15) is 5.40 Å². The van der Waals surface area contributed by atoms with Crippen molar-refractivity contribution >= 4 is 67.5 Å². The van der Waals surface area contributed by atoms with Crippen LogP contribution in [-0.2, 0) is 0 Å². The van der Waals surface area contributed by atoms with Gasteiger partial charge in [-0.05, 0) is 99.2 Å². The highest BCUT2D eigenvalue weighted by Crippen LogP contribution is 2.48. The van der Waals surface area contributed by atoms with E-state index in [1.165, 1.54) is 44.3 Å². The number of hydrogen-bond donors (Lipinski definition) is 0. The number of nitrogens with zero attached hydrogens (tertiary/aromatic N) is 2. The minimum absolute atomic E-state index is 0. The van der Waals surface area contributed by atoms with Crippen LogP contribution in [0.3, 0.4) is 0 Å². The van der Waals surface area contributed by atoms with Crippen LogP contribution in [0.15, 0.2) is 87.5 Å². The number of carbonyl (C=O) groups excluding carboxylic acids is 1. The largest absolute Gasteiger partial charge is 0.293 e. The molecule has 2 aromatic carbocycles. The first-order valence-corrected chi connectivity index (χ1v) is 17.4. The zero-order valence-corrected chi connectivity index (χ0v) is 26.3. The maximum absolute atomic E-state index is 12.4. The SMILES string of the molecule is Brc1nc(-c2ccc(-c3cccs3)cc2)c(C2CC2)s1.C.N#CSC(C(=O)c1ccc(-c2cccs2)cc1)C1CC1. The molecule has 7 rings (SSSR count). The van der Waals surface area contributed by atoms with Gasteiger partial charge in [0.15, 0.2) is 9.70 Å². The number of Topliss-reactive ketones (excluding diaryl/α,β-unsaturated/α-hetero) is 1. The Morgan fingerprint density at radius 2 is 1.44 bits per heavy atom. The van der Waals surface area contributed by atoms with Crippen molar-refractivity contribution in [3.8, 4) is 37.5 Å². The molecule has 1 unspecified atom stereocenters. The molecule has 2 saturated carbocycles. The number of thiocyanates is 1. The summed E-state index contributed by atoms with van der Waals surface area (Å²) in [5, 5.41) is 14.9. The number of hydrogen-bond acceptors (Lipinski definition) is 7. The second kappa shape index (κ2) is 13.6. The lowest BCUT2D eigenvalue weighted by atomic mass is 10.0. The molecule has 8 heteroatoms. The Labute approximate surface area is 266 Å². The monoisotopic (exact) mass is 676 g/mol. The van der Waals surface area contributed by atoms with Gasteiger partial charge in [-0.15, -0.1) is 34.0 Å². The summed E-state index contributed by atoms with van der Waals surface area (Å²) in [6.45, 7) is 0. The van der Waals surface area contributed by atoms with Crippen LogP contribution in [0.4, 0.5) is 0 Å². The third-order valence-corrected chi connectivity index (χ3v) is 11.5. The normalized spacial score (nSPS) is 14.7. The molecule has 41 heavy (non-hydrogen) atoms. The highest BCUT2D eigenvalue weighted by Gasteiger charge is 2.37. The van der Waals surface area contributed by atoms with Crippen LogP contribution in [0.2, 0.25) is 0 Å². The maximum atomic E-state index is 12.4. The van der Waals surface area contributed by atoms with E-state index in [9.17, 15) is 4.79 Å². The Hall–Kier alpha value is -2.54. The average molecular weight is 678 g/mol. The Morgan fingerprint density at radius 3 is 1.93 bits per heavy atom. The summed E-state index contributed by atoms with van der Waals surface area (Å²) in [7, 11) is 0. The van der Waals surface area contributed by atoms with Gasteiger partial charge < -0.3 is 0 Å². The first kappa shape index (κ1) is 29.9. The van der Waals surface area contributed by atoms with Crippen LogP contribution in [0.1, 0.15) is 54.3 Å². The number of carbonyl (C=O) groups is 1. The smallest absolute Gasteiger partial charge is 0.177 e. The van der Waals surface area contributed by atoms with Crippen molar-refractivity contribution < 1.29 is 4.79 Å². The first-order chi connectivity index (χ1) is 19.6. The van der Waals surface area contributed by atoms with E-state index in [1.807, 2.05) is 35.7 Å². The zero-order valence-electron chi connectivity index (χ0n) is 21.5. The highest BCUT2D eigenvalue weighted by atomic mass is 79.9. The lowest BCUT2D eigenvalue weighted by molar-refractivity contribution is 0.0983. The highest BCUT2D eigenvalue weighted by molar-refractivity contribution is 9.11. The van der Waals surface area contributed by atoms with Crippen molar-refractivity contribution in [2.24, 2.45) is 5.92 Å². The number of nitriles is 1. The molecule has 3 nitrogen and oxygen atoms in total. The van der Waals surface area contributed by atoms with E-state index in [0.717, 1.165) is 40.0 Å². The molecule has 0 saturated heterocycles. The molecule has 0 N–H and O–H groups in total. The summed E-state index contributed by atoms with van der Waals surface area (Å²) in [6.07, 6.45) is 4.76. The van der Waals surface area contributed by atoms with Crippen LogP contribution < -0.4 is 0 Å². The summed E-state index contributed by atoms with van der Waals surface area (Å²) < 4.78 is 0.997. The summed E-state index contributed by atoms with van der Waals surface area (Å²) in [5.74, 6) is 1.23. The van der Waals surface area contributed by atoms with Crippen LogP contribution >= 0.6 is 61.7 Å². The standard InChI is InChI=1S/C16H12BrNS2.C16H13NOS2.CH4/c17-16-18-14(15(20-16)12-7-8-12)11-5-3-10(4-6-11)13-2-1-9-19-13;17-10-20-16(13-7-8-13)15(18)12-5-3-11(4-6-12)14-2-1-9-19-14;/h1-6,9,12H,7-8H2;1-6,9,13,16H,7-8H2;1H4. The van der Waals surface area contributed by atoms with Crippen LogP contribution in [0, 0.1) is 16.6 Å². The molecule has 3 heterocycles. The maximum Gasteiger partial charge on any atom is 0.177 e. The number of halogens is 1. The molecule has 0 bridgehead atoms. The topological polar surface area (TPSA) is 53.8 Å². The molecular weight excluding hydrogens is 649 g/mol. The van der Waals surface area contributed by atoms with Gasteiger partial charge in [-0.2, -0.15) is 5.26 Å². The van der Waals surface area contributed by atoms with Crippen molar-refractivity contribution in [1.29, 1.82) is 5.26 Å². The molecule has 5 aromatic rings. The lowest BCUT2D eigenvalue weighted by Crippen LogP contribution is -2.19. The van der Waals surface area contributed by atoms with Gasteiger partial charge in [0, 0.05) is 25.8 Å². The third-order valence-electron chi connectivity index (χ3n) is 7.00. The molecular formula is C33H29BrN2OS4. The third kappa shape index (κ3) is 7.28. The minimum atomic E-state index is -0.187. The van der Waals surface area contributed by atoms with Crippen molar-refractivity contribution in [2.45, 2.75) is 44.3 Å². The Balaban J connectivity index is 0.000000161. The van der Waals surface area contributed by atoms with E-state index in [2.05, 4.69) is 74.2 Å². The van der Waals surface area contributed by atoms with E-state index >= 15 is 0 Å². The summed E-state index contributed by atoms with van der Waals surface area (Å²) in [5.41, 5.74) is 5.53. The van der Waals surface area contributed by atoms with Gasteiger partial charge >= 0.3 is 0 Å². The number of rotatable bonds is 8. The van der Waals surface area contributed by atoms with Gasteiger partial charge in [0.05, 0.1) is 10.9 Å². The Morgan fingerprint density at radius 1 is 0.878 bits per heavy atom. The van der Waals surface area contributed by atoms with E-state index in [-0.39, 0.29) is 18.5 Å². The average Bonchev–Trinajstić information content (AvgIpc) is 3.84. The number of aromatic nitrogens is 1. The lowest BCUT2D eigenvalue weighted by Gasteiger charge is -2.10. The van der Waals surface area contributed by atoms with Crippen LogP contribution in [0.25, 0.3) is 32.1 Å². The van der Waals surface area contributed by atoms with E-state index in [4.69, 9.17) is 5.26 Å². The number of ketones is 1. The molecule has 208 valence electrons. The fourth-order valence-corrected chi connectivity index (χ4v) is 8.56. The molecule has 3 aromatic heterocycles. The zero-order chi connectivity index (χ0) is 27.5. The molecule has 2 aliphatic rings. The fourth-order valence-electron chi connectivity index (χ4n) is 4.59. The molecule has 0 aliphatic heterocycles. The molecule has 2 fully saturated rings. The van der Waals surface area contributed by atoms with Gasteiger partial charge in [-0.25, -0.2) is 4.98 Å². The molecule has 0 spiro atoms. The summed E-state index contributed by atoms with van der Waals surface area (Å²) in [6, 6.07) is 24.9. The molecule has 0 amide bonds. The second-order valence-corrected chi connectivity index (χ2v) is 15.0. The Kier molecular flexibility index (Phi) is 9.95. The molecule has 0 radical (unpaired) electrons. The molecule has 1 atom stereocenters. The first-order valence-electron chi connectivity index (χ1n) is 13.1. The number of thiophene rings is 2. The van der Waals surface area contributed by atoms with Gasteiger partial charge in [0.2, 0.25) is 0 Å². The number of thiazole rings is 1. The van der Waals surface area contributed by atoms with Crippen molar-refractivity contribution in [3.05, 3.63) is 97.9 Å². The van der Waals surface area contributed by atoms with Crippen molar-refractivity contribution in [3.63, 3.8) is 0 Å². The second-order valence-electron chi connectivity index (χ2n) is 9.89. The quantitative estimate of drug-likeness (QED) is 0.121. The van der Waals surface area contributed by atoms with E-state index in [1.54, 1.807) is 34.0 Å². The van der Waals surface area contributed by atoms with Gasteiger partial charge in [-0.1, -0.05) is 68.1 Å². The van der Waals surface area contributed by atoms with Crippen molar-refractivity contribution in [1.82, 2.24) is 4.98 Å². The van der Waals surface area contributed by atoms with Crippen LogP contribution in [-0.4, -0.2) is 16.0 Å². The van der Waals surface area contributed by atoms with E-state index < -0.39 is 0 Å². The van der Waals surface area contributed by atoms with Crippen LogP contribution in [0.5, 0.6) is 0 Å². The summed E-state index contributed by atoms with van der Waals surface area (Å²) in [4.78, 5) is 21.1. The predicted molar refractivity (Wildman–Crippen MR) is 181 cm³/mol. The summed E-state index contributed by atoms with van der Waals surface area (Å²) >= 11 is 9.90. The van der Waals surface area contributed by atoms with Gasteiger partial charge in [-0.3, -0.25) is 4.79 Å². The van der Waals surface area contributed by atoms with Crippen molar-refractivity contribution in [2.75, 3.05) is 0 Å². The number of benzene rings is 2. The fraction of sp³-hybridized carbons (Fsp3) is 0.242. The van der Waals surface area contributed by atoms with Gasteiger partial charge in [0.25, 0.3) is 0 Å².